The van der Waals surface area contributed by atoms with Crippen LogP contribution in [0.25, 0.3) is 0 Å². The van der Waals surface area contributed by atoms with Crippen LogP contribution in [0.2, 0.25) is 5.02 Å². The largest absolute Gasteiger partial charge is 0.384 e. The minimum absolute atomic E-state index is 0. The van der Waals surface area contributed by atoms with Gasteiger partial charge in [-0.25, -0.2) is 4.98 Å². The monoisotopic (exact) mass is 471 g/mol. The molecule has 4 rings (SSSR count). The van der Waals surface area contributed by atoms with Crippen LogP contribution in [0.1, 0.15) is 61.0 Å². The average molecular weight is 472 g/mol. The van der Waals surface area contributed by atoms with Gasteiger partial charge in [0.25, 0.3) is 5.91 Å². The number of carbonyl (C=O) groups excluding carboxylic acids is 1. The molecular weight excluding hydrogens is 434 g/mol. The van der Waals surface area contributed by atoms with Gasteiger partial charge in [0.15, 0.2) is 0 Å². The molecule has 2 fully saturated rings. The molecule has 33 heavy (non-hydrogen) atoms. The highest BCUT2D eigenvalue weighted by Crippen LogP contribution is 2.48. The Labute approximate surface area is 203 Å². The van der Waals surface area contributed by atoms with Gasteiger partial charge in [0.2, 0.25) is 0 Å². The molecule has 2 aliphatic carbocycles. The number of amides is 1. The summed E-state index contributed by atoms with van der Waals surface area (Å²) in [6, 6.07) is 5.61. The van der Waals surface area contributed by atoms with E-state index in [1.807, 2.05) is 42.3 Å². The second-order valence-electron chi connectivity index (χ2n) is 9.65. The summed E-state index contributed by atoms with van der Waals surface area (Å²) in [6.07, 6.45) is 13.8. The van der Waals surface area contributed by atoms with Crippen molar-refractivity contribution in [2.45, 2.75) is 51.4 Å². The first kappa shape index (κ1) is 25.6. The van der Waals surface area contributed by atoms with Crippen LogP contribution in [0.3, 0.4) is 0 Å². The molecule has 2 bridgehead atoms. The second-order valence-corrected chi connectivity index (χ2v) is 10.1. The highest BCUT2D eigenvalue weighted by Gasteiger charge is 2.39. The molecule has 0 unspecified atom stereocenters. The first-order chi connectivity index (χ1) is 15.5. The van der Waals surface area contributed by atoms with Crippen molar-refractivity contribution >= 4 is 23.2 Å². The third kappa shape index (κ3) is 6.73. The second kappa shape index (κ2) is 11.9. The molecule has 1 aromatic carbocycles. The topological polar surface area (TPSA) is 71.0 Å². The average Bonchev–Trinajstić information content (AvgIpc) is 3.20. The third-order valence-corrected chi connectivity index (χ3v) is 7.63. The Bertz CT molecular complexity index is 902. The van der Waals surface area contributed by atoms with Crippen molar-refractivity contribution in [3.05, 3.63) is 54.4 Å². The number of aryl methyl sites for hydroxylation is 1. The summed E-state index contributed by atoms with van der Waals surface area (Å²) >= 11 is 6.37. The first-order valence-electron chi connectivity index (χ1n) is 12.0. The number of benzene rings is 1. The summed E-state index contributed by atoms with van der Waals surface area (Å²) in [5.74, 6) is 0.804. The van der Waals surface area contributed by atoms with Gasteiger partial charge in [0.05, 0.1) is 16.9 Å². The van der Waals surface area contributed by atoms with Gasteiger partial charge >= 0.3 is 0 Å². The van der Waals surface area contributed by atoms with E-state index in [0.29, 0.717) is 16.0 Å². The Morgan fingerprint density at radius 1 is 1.21 bits per heavy atom. The predicted octanol–water partition coefficient (Wildman–Crippen LogP) is 4.74. The van der Waals surface area contributed by atoms with Crippen LogP contribution in [0.15, 0.2) is 30.7 Å². The van der Waals surface area contributed by atoms with Crippen molar-refractivity contribution in [3.8, 4) is 0 Å². The molecule has 180 valence electrons. The number of aromatic nitrogens is 2. The molecule has 6 nitrogen and oxygen atoms in total. The van der Waals surface area contributed by atoms with Gasteiger partial charge in [0.1, 0.15) is 0 Å². The molecule has 1 amide bonds. The van der Waals surface area contributed by atoms with Gasteiger partial charge in [-0.2, -0.15) is 0 Å². The number of hydrogen-bond donors (Lipinski definition) is 3. The molecule has 1 aromatic heterocycles. The maximum Gasteiger partial charge on any atom is 0.252 e. The minimum Gasteiger partial charge on any atom is -0.384 e. The standard InChI is InChI=1S/C25H36ClN5O.CH2/c1-31-18-28-16-21(31)8-11-27-12-13-29-20-6-7-23(26)22(14-20)24(32)30-17-25-9-2-4-19(15-25)5-3-10-25;/h6-7,14,16,18-19,27,29H,2-5,8-13,15,17H2,1H3,(H,30,32);1H2. The number of hydrogen-bond acceptors (Lipinski definition) is 4. The summed E-state index contributed by atoms with van der Waals surface area (Å²) in [5, 5.41) is 10.5. The Morgan fingerprint density at radius 2 is 2.00 bits per heavy atom. The van der Waals surface area contributed by atoms with E-state index in [0.717, 1.165) is 44.2 Å². The van der Waals surface area contributed by atoms with Crippen molar-refractivity contribution < 1.29 is 4.79 Å². The van der Waals surface area contributed by atoms with Crippen molar-refractivity contribution in [2.75, 3.05) is 31.5 Å². The summed E-state index contributed by atoms with van der Waals surface area (Å²) in [5.41, 5.74) is 3.00. The van der Waals surface area contributed by atoms with Crippen LogP contribution in [0, 0.1) is 18.8 Å². The molecule has 3 N–H and O–H groups in total. The van der Waals surface area contributed by atoms with Gasteiger partial charge < -0.3 is 20.5 Å². The van der Waals surface area contributed by atoms with Gasteiger partial charge in [-0.1, -0.05) is 44.7 Å². The molecule has 0 spiro atoms. The number of anilines is 1. The van der Waals surface area contributed by atoms with Gasteiger partial charge in [0, 0.05) is 57.2 Å². The normalized spacial score (nSPS) is 21.8. The van der Waals surface area contributed by atoms with E-state index in [2.05, 4.69) is 20.9 Å². The molecule has 2 aromatic rings. The van der Waals surface area contributed by atoms with E-state index in [-0.39, 0.29) is 13.3 Å². The number of halogens is 1. The quantitative estimate of drug-likeness (QED) is 0.438. The van der Waals surface area contributed by atoms with Crippen LogP contribution >= 0.6 is 11.6 Å². The molecular formula is C26H38ClN5O. The van der Waals surface area contributed by atoms with E-state index < -0.39 is 0 Å². The van der Waals surface area contributed by atoms with E-state index >= 15 is 0 Å². The predicted molar refractivity (Wildman–Crippen MR) is 136 cm³/mol. The fourth-order valence-corrected chi connectivity index (χ4v) is 5.71. The molecule has 2 saturated carbocycles. The smallest absolute Gasteiger partial charge is 0.252 e. The van der Waals surface area contributed by atoms with Crippen molar-refractivity contribution in [2.24, 2.45) is 18.4 Å². The number of nitrogens with one attached hydrogen (secondary N) is 3. The number of rotatable bonds is 10. The number of nitrogens with zero attached hydrogens (tertiary/aromatic N) is 2. The molecule has 7 heteroatoms. The molecule has 2 radical (unpaired) electrons. The highest BCUT2D eigenvalue weighted by molar-refractivity contribution is 6.34. The number of imidazole rings is 1. The molecule has 1 heterocycles. The zero-order chi connectivity index (χ0) is 22.4. The Kier molecular flexibility index (Phi) is 9.21. The van der Waals surface area contributed by atoms with Crippen LogP contribution in [-0.2, 0) is 13.5 Å². The molecule has 0 saturated heterocycles. The zero-order valence-corrected chi connectivity index (χ0v) is 20.6. The first-order valence-corrected chi connectivity index (χ1v) is 12.4. The molecule has 2 aliphatic rings. The van der Waals surface area contributed by atoms with Crippen molar-refractivity contribution in [3.63, 3.8) is 0 Å². The lowest BCUT2D eigenvalue weighted by atomic mass is 9.62. The lowest BCUT2D eigenvalue weighted by Crippen LogP contribution is -2.43. The summed E-state index contributed by atoms with van der Waals surface area (Å²) in [6.45, 7) is 3.29. The maximum absolute atomic E-state index is 12.9. The van der Waals surface area contributed by atoms with Crippen molar-refractivity contribution in [1.29, 1.82) is 0 Å². The Morgan fingerprint density at radius 3 is 2.73 bits per heavy atom. The number of fused-ring (bicyclic) bond motifs is 2. The SMILES string of the molecule is Cn1cncc1CCNCCNc1ccc(Cl)c(C(=O)NCC23CCCC(CCC2)C3)c1.[CH2]. The van der Waals surface area contributed by atoms with E-state index in [1.54, 1.807) is 0 Å². The fraction of sp³-hybridized carbons (Fsp3) is 0.577. The van der Waals surface area contributed by atoms with Crippen LogP contribution in [0.4, 0.5) is 5.69 Å². The lowest BCUT2D eigenvalue weighted by Gasteiger charge is -2.45. The van der Waals surface area contributed by atoms with Crippen LogP contribution < -0.4 is 16.0 Å². The van der Waals surface area contributed by atoms with E-state index in [1.165, 1.54) is 50.6 Å². The van der Waals surface area contributed by atoms with Gasteiger partial charge in [-0.05, 0) is 48.8 Å². The van der Waals surface area contributed by atoms with Crippen molar-refractivity contribution in [1.82, 2.24) is 20.2 Å². The molecule has 0 aliphatic heterocycles. The zero-order valence-electron chi connectivity index (χ0n) is 19.8. The molecule has 0 atom stereocenters. The van der Waals surface area contributed by atoms with Crippen LogP contribution in [0.5, 0.6) is 0 Å². The Hall–Kier alpha value is -2.05. The highest BCUT2D eigenvalue weighted by atomic mass is 35.5. The van der Waals surface area contributed by atoms with Gasteiger partial charge in [-0.3, -0.25) is 4.79 Å². The maximum atomic E-state index is 12.9. The van der Waals surface area contributed by atoms with Crippen LogP contribution in [-0.4, -0.2) is 41.6 Å². The minimum atomic E-state index is -0.0602. The third-order valence-electron chi connectivity index (χ3n) is 7.30. The summed E-state index contributed by atoms with van der Waals surface area (Å²) in [4.78, 5) is 17.1. The summed E-state index contributed by atoms with van der Waals surface area (Å²) in [7, 11) is 2.01. The van der Waals surface area contributed by atoms with E-state index in [9.17, 15) is 4.79 Å². The summed E-state index contributed by atoms with van der Waals surface area (Å²) < 4.78 is 2.04. The van der Waals surface area contributed by atoms with Gasteiger partial charge in [-0.15, -0.1) is 0 Å². The van der Waals surface area contributed by atoms with E-state index in [4.69, 9.17) is 11.6 Å². The lowest BCUT2D eigenvalue weighted by molar-refractivity contribution is 0.0682. The fourth-order valence-electron chi connectivity index (χ4n) is 5.50. The Balaban J connectivity index is 0.00000306. The number of carbonyl (C=O) groups is 1.